The maximum absolute atomic E-state index is 13.6. The lowest BCUT2D eigenvalue weighted by Gasteiger charge is -2.29. The van der Waals surface area contributed by atoms with Crippen molar-refractivity contribution >= 4 is 17.4 Å². The molecule has 37 heavy (non-hydrogen) atoms. The van der Waals surface area contributed by atoms with Crippen LogP contribution in [0.15, 0.2) is 83.6 Å². The van der Waals surface area contributed by atoms with Crippen molar-refractivity contribution in [3.05, 3.63) is 111 Å². The third-order valence-corrected chi connectivity index (χ3v) is 6.73. The molecular formula is C31H29NO5. The zero-order valence-electron chi connectivity index (χ0n) is 21.4. The number of ketones is 1. The number of Topliss-reactive ketones (excluding diaryl/α,β-unsaturated/α-hetero) is 1. The summed E-state index contributed by atoms with van der Waals surface area (Å²) in [4.78, 5) is 26.6. The zero-order valence-corrected chi connectivity index (χ0v) is 21.4. The number of methoxy groups -OCH3 is 1. The monoisotopic (exact) mass is 495 g/mol. The van der Waals surface area contributed by atoms with E-state index in [0.717, 1.165) is 28.0 Å². The number of dihydropyridines is 1. The molecule has 0 saturated heterocycles. The van der Waals surface area contributed by atoms with Crippen molar-refractivity contribution in [2.75, 3.05) is 13.7 Å². The SMILES string of the molecule is CCOc1cc([C@@H]2C(C(=O)OC)=C(C)NC3=C2C(=O)c2ccccc23)ccc1OCc1cccc(C)c1. The van der Waals surface area contributed by atoms with Crippen LogP contribution >= 0.6 is 0 Å². The average molecular weight is 496 g/mol. The standard InChI is InChI=1S/C31H29NO5/c1-5-36-25-16-21(13-14-24(25)37-17-20-10-8-9-18(2)15-20)27-26(31(34)35-4)19(3)32-29-22-11-6-7-12-23(22)30(33)28(27)29/h6-16,27,32H,5,17H2,1-4H3/t27-/m1/s1. The highest BCUT2D eigenvalue weighted by atomic mass is 16.5. The summed E-state index contributed by atoms with van der Waals surface area (Å²) in [6.07, 6.45) is 0. The van der Waals surface area contributed by atoms with Gasteiger partial charge in [0.05, 0.1) is 25.0 Å². The lowest BCUT2D eigenvalue weighted by atomic mass is 9.79. The molecule has 0 radical (unpaired) electrons. The van der Waals surface area contributed by atoms with Crippen molar-refractivity contribution in [1.82, 2.24) is 5.32 Å². The second kappa shape index (κ2) is 9.97. The molecule has 6 nitrogen and oxygen atoms in total. The maximum Gasteiger partial charge on any atom is 0.336 e. The molecule has 0 fully saturated rings. The van der Waals surface area contributed by atoms with Crippen LogP contribution in [-0.4, -0.2) is 25.5 Å². The molecule has 5 rings (SSSR count). The molecule has 1 aliphatic heterocycles. The number of nitrogens with one attached hydrogen (secondary N) is 1. The second-order valence-corrected chi connectivity index (χ2v) is 9.17. The highest BCUT2D eigenvalue weighted by Crippen LogP contribution is 2.48. The summed E-state index contributed by atoms with van der Waals surface area (Å²) in [6.45, 7) is 6.61. The molecule has 0 aromatic heterocycles. The minimum atomic E-state index is -0.617. The van der Waals surface area contributed by atoms with E-state index in [9.17, 15) is 9.59 Å². The van der Waals surface area contributed by atoms with E-state index in [4.69, 9.17) is 14.2 Å². The van der Waals surface area contributed by atoms with Gasteiger partial charge in [-0.25, -0.2) is 4.79 Å². The fourth-order valence-electron chi connectivity index (χ4n) is 5.10. The van der Waals surface area contributed by atoms with Crippen molar-refractivity contribution in [1.29, 1.82) is 0 Å². The lowest BCUT2D eigenvalue weighted by Crippen LogP contribution is -2.29. The summed E-state index contributed by atoms with van der Waals surface area (Å²) in [5.41, 5.74) is 6.73. The number of allylic oxidation sites excluding steroid dienone is 2. The van der Waals surface area contributed by atoms with Crippen molar-refractivity contribution in [3.63, 3.8) is 0 Å². The predicted octanol–water partition coefficient (Wildman–Crippen LogP) is 5.71. The number of carbonyl (C=O) groups excluding carboxylic acids is 2. The van der Waals surface area contributed by atoms with Crippen molar-refractivity contribution in [2.45, 2.75) is 33.3 Å². The van der Waals surface area contributed by atoms with Gasteiger partial charge in [-0.3, -0.25) is 4.79 Å². The van der Waals surface area contributed by atoms with Gasteiger partial charge in [0.15, 0.2) is 17.3 Å². The minimum Gasteiger partial charge on any atom is -0.490 e. The summed E-state index contributed by atoms with van der Waals surface area (Å²) in [5, 5.41) is 3.31. The number of carbonyl (C=O) groups is 2. The Morgan fingerprint density at radius 2 is 1.70 bits per heavy atom. The number of benzene rings is 3. The first-order chi connectivity index (χ1) is 17.9. The first kappa shape index (κ1) is 24.4. The Morgan fingerprint density at radius 3 is 2.43 bits per heavy atom. The third kappa shape index (κ3) is 4.40. The minimum absolute atomic E-state index is 0.102. The summed E-state index contributed by atoms with van der Waals surface area (Å²) >= 11 is 0. The molecule has 1 atom stereocenters. The van der Waals surface area contributed by atoms with Gasteiger partial charge >= 0.3 is 5.97 Å². The first-order valence-electron chi connectivity index (χ1n) is 12.3. The molecular weight excluding hydrogens is 466 g/mol. The molecule has 3 aromatic rings. The first-order valence-corrected chi connectivity index (χ1v) is 12.3. The molecule has 3 aromatic carbocycles. The van der Waals surface area contributed by atoms with Crippen LogP contribution in [0.25, 0.3) is 5.70 Å². The van der Waals surface area contributed by atoms with Crippen molar-refractivity contribution in [3.8, 4) is 11.5 Å². The van der Waals surface area contributed by atoms with E-state index in [-0.39, 0.29) is 5.78 Å². The highest BCUT2D eigenvalue weighted by molar-refractivity contribution is 6.23. The molecule has 0 spiro atoms. The van der Waals surface area contributed by atoms with Crippen LogP contribution in [0.2, 0.25) is 0 Å². The summed E-state index contributed by atoms with van der Waals surface area (Å²) in [7, 11) is 1.35. The number of ether oxygens (including phenoxy) is 3. The topological polar surface area (TPSA) is 73.9 Å². The van der Waals surface area contributed by atoms with E-state index >= 15 is 0 Å². The Bertz CT molecular complexity index is 1470. The Balaban J connectivity index is 1.58. The second-order valence-electron chi connectivity index (χ2n) is 9.17. The van der Waals surface area contributed by atoms with Gasteiger partial charge in [-0.05, 0) is 44.0 Å². The molecule has 6 heteroatoms. The average Bonchev–Trinajstić information content (AvgIpc) is 3.18. The van der Waals surface area contributed by atoms with Crippen LogP contribution in [-0.2, 0) is 16.1 Å². The van der Waals surface area contributed by atoms with Crippen LogP contribution in [0.4, 0.5) is 0 Å². The molecule has 1 aliphatic carbocycles. The number of esters is 1. The van der Waals surface area contributed by atoms with Crippen LogP contribution in [0, 0.1) is 6.92 Å². The van der Waals surface area contributed by atoms with Gasteiger partial charge in [-0.15, -0.1) is 0 Å². The number of rotatable bonds is 7. The van der Waals surface area contributed by atoms with E-state index in [0.29, 0.717) is 47.1 Å². The van der Waals surface area contributed by atoms with Crippen LogP contribution in [0.1, 0.15) is 52.4 Å². The van der Waals surface area contributed by atoms with Crippen molar-refractivity contribution in [2.24, 2.45) is 0 Å². The Kier molecular flexibility index (Phi) is 6.57. The molecule has 1 N–H and O–H groups in total. The quantitative estimate of drug-likeness (QED) is 0.423. The largest absolute Gasteiger partial charge is 0.490 e. The summed E-state index contributed by atoms with van der Waals surface area (Å²) < 4.78 is 17.2. The maximum atomic E-state index is 13.6. The Morgan fingerprint density at radius 1 is 0.919 bits per heavy atom. The number of hydrogen-bond acceptors (Lipinski definition) is 6. The van der Waals surface area contributed by atoms with E-state index in [1.165, 1.54) is 7.11 Å². The predicted molar refractivity (Wildman–Crippen MR) is 141 cm³/mol. The molecule has 0 saturated carbocycles. The fraction of sp³-hybridized carbons (Fsp3) is 0.226. The molecule has 1 heterocycles. The smallest absolute Gasteiger partial charge is 0.336 e. The van der Waals surface area contributed by atoms with Gasteiger partial charge in [0.2, 0.25) is 0 Å². The summed E-state index contributed by atoms with van der Waals surface area (Å²) in [5.74, 6) is -0.0545. The zero-order chi connectivity index (χ0) is 26.1. The van der Waals surface area contributed by atoms with Gasteiger partial charge in [0, 0.05) is 28.3 Å². The molecule has 0 bridgehead atoms. The van der Waals surface area contributed by atoms with Crippen LogP contribution in [0.3, 0.4) is 0 Å². The fourth-order valence-corrected chi connectivity index (χ4v) is 5.10. The van der Waals surface area contributed by atoms with Crippen molar-refractivity contribution < 1.29 is 23.8 Å². The van der Waals surface area contributed by atoms with E-state index in [1.807, 2.05) is 81.4 Å². The van der Waals surface area contributed by atoms with E-state index in [2.05, 4.69) is 11.4 Å². The molecule has 0 amide bonds. The van der Waals surface area contributed by atoms with Crippen LogP contribution < -0.4 is 14.8 Å². The van der Waals surface area contributed by atoms with Gasteiger partial charge in [-0.1, -0.05) is 60.2 Å². The lowest BCUT2D eigenvalue weighted by molar-refractivity contribution is -0.136. The van der Waals surface area contributed by atoms with Gasteiger partial charge in [0.1, 0.15) is 6.61 Å². The van der Waals surface area contributed by atoms with E-state index < -0.39 is 11.9 Å². The Labute approximate surface area is 216 Å². The number of aryl methyl sites for hydroxylation is 1. The van der Waals surface area contributed by atoms with Gasteiger partial charge < -0.3 is 19.5 Å². The van der Waals surface area contributed by atoms with Crippen LogP contribution in [0.5, 0.6) is 11.5 Å². The number of fused-ring (bicyclic) bond motifs is 2. The highest BCUT2D eigenvalue weighted by Gasteiger charge is 2.43. The summed E-state index contributed by atoms with van der Waals surface area (Å²) in [6, 6.07) is 21.2. The number of hydrogen-bond donors (Lipinski definition) is 1. The molecule has 0 unspecified atom stereocenters. The van der Waals surface area contributed by atoms with Gasteiger partial charge in [0.25, 0.3) is 0 Å². The van der Waals surface area contributed by atoms with E-state index in [1.54, 1.807) is 0 Å². The third-order valence-electron chi connectivity index (χ3n) is 6.73. The normalized spacial score (nSPS) is 16.2. The Hall–Kier alpha value is -4.32. The molecule has 2 aliphatic rings. The van der Waals surface area contributed by atoms with Gasteiger partial charge in [-0.2, -0.15) is 0 Å². The molecule has 188 valence electrons.